The summed E-state index contributed by atoms with van der Waals surface area (Å²) in [5.74, 6) is -0.897. The lowest BCUT2D eigenvalue weighted by Crippen LogP contribution is -2.41. The topological polar surface area (TPSA) is 62.5 Å². The van der Waals surface area contributed by atoms with Crippen molar-refractivity contribution in [3.05, 3.63) is 118 Å². The van der Waals surface area contributed by atoms with Gasteiger partial charge in [-0.1, -0.05) is 35.3 Å². The van der Waals surface area contributed by atoms with Crippen LogP contribution in [0.25, 0.3) is 5.69 Å². The molecule has 0 saturated heterocycles. The van der Waals surface area contributed by atoms with Crippen LogP contribution in [-0.4, -0.2) is 21.4 Å². The molecule has 2 heterocycles. The predicted molar refractivity (Wildman–Crippen MR) is 133 cm³/mol. The first kappa shape index (κ1) is 22.4. The number of aliphatic hydroxyl groups is 1. The zero-order valence-electron chi connectivity index (χ0n) is 18.0. The van der Waals surface area contributed by atoms with Crippen LogP contribution in [0, 0.1) is 0 Å². The van der Waals surface area contributed by atoms with Gasteiger partial charge in [0.1, 0.15) is 0 Å². The summed E-state index contributed by atoms with van der Waals surface area (Å²) in [6, 6.07) is 22.9. The monoisotopic (exact) mass is 490 g/mol. The van der Waals surface area contributed by atoms with Crippen molar-refractivity contribution in [2.45, 2.75) is 18.6 Å². The van der Waals surface area contributed by atoms with Gasteiger partial charge < -0.3 is 14.6 Å². The summed E-state index contributed by atoms with van der Waals surface area (Å²) in [7, 11) is 0. The molecular formula is C27H20Cl2N2O3. The molecule has 1 N–H and O–H groups in total. The summed E-state index contributed by atoms with van der Waals surface area (Å²) >= 11 is 12.2. The summed E-state index contributed by atoms with van der Waals surface area (Å²) in [6.45, 7) is 0.229. The maximum absolute atomic E-state index is 13.5. The second-order valence-corrected chi connectivity index (χ2v) is 9.15. The normalized spacial score (nSPS) is 17.1. The summed E-state index contributed by atoms with van der Waals surface area (Å²) < 4.78 is 1.93. The quantitative estimate of drug-likeness (QED) is 0.347. The molecule has 1 aromatic heterocycles. The van der Waals surface area contributed by atoms with E-state index in [9.17, 15) is 14.7 Å². The Morgan fingerprint density at radius 1 is 0.882 bits per heavy atom. The van der Waals surface area contributed by atoms with Crippen molar-refractivity contribution in [1.82, 2.24) is 4.57 Å². The smallest absolute Gasteiger partial charge is 0.264 e. The number of aromatic nitrogens is 1. The van der Waals surface area contributed by atoms with Gasteiger partial charge >= 0.3 is 0 Å². The number of fused-ring (bicyclic) bond motifs is 1. The molecule has 0 spiro atoms. The van der Waals surface area contributed by atoms with E-state index < -0.39 is 11.5 Å². The number of anilines is 1. The van der Waals surface area contributed by atoms with E-state index in [1.54, 1.807) is 42.5 Å². The Hall–Kier alpha value is -3.38. The van der Waals surface area contributed by atoms with Gasteiger partial charge in [0.05, 0.1) is 18.7 Å². The van der Waals surface area contributed by atoms with Crippen molar-refractivity contribution in [2.75, 3.05) is 4.90 Å². The lowest BCUT2D eigenvalue weighted by atomic mass is 9.88. The van der Waals surface area contributed by atoms with Gasteiger partial charge in [0.25, 0.3) is 5.91 Å². The molecule has 0 aliphatic carbocycles. The van der Waals surface area contributed by atoms with E-state index in [4.69, 9.17) is 23.2 Å². The molecule has 34 heavy (non-hydrogen) atoms. The van der Waals surface area contributed by atoms with Gasteiger partial charge in [-0.15, -0.1) is 0 Å². The number of hydrogen-bond donors (Lipinski definition) is 1. The highest BCUT2D eigenvalue weighted by Crippen LogP contribution is 2.44. The van der Waals surface area contributed by atoms with Gasteiger partial charge in [-0.25, -0.2) is 0 Å². The van der Waals surface area contributed by atoms with Crippen molar-refractivity contribution in [2.24, 2.45) is 0 Å². The summed E-state index contributed by atoms with van der Waals surface area (Å²) in [5.41, 5.74) is 1.01. The predicted octanol–water partition coefficient (Wildman–Crippen LogP) is 5.79. The number of ketones is 1. The van der Waals surface area contributed by atoms with Crippen molar-refractivity contribution in [1.29, 1.82) is 0 Å². The molecule has 0 radical (unpaired) electrons. The van der Waals surface area contributed by atoms with E-state index in [2.05, 4.69) is 0 Å². The fourth-order valence-corrected chi connectivity index (χ4v) is 4.58. The van der Waals surface area contributed by atoms with Crippen LogP contribution < -0.4 is 4.90 Å². The number of Topliss-reactive ketones (excluding diaryl/α,β-unsaturated/α-hetero) is 1. The van der Waals surface area contributed by atoms with Crippen LogP contribution >= 0.6 is 23.2 Å². The first-order valence-electron chi connectivity index (χ1n) is 10.7. The standard InChI is InChI=1S/C27H20Cl2N2O3/c28-20-7-3-18(4-8-20)17-31-24-12-9-21(29)15-23(24)27(34,26(31)33)16-25(32)19-5-10-22(11-6-19)30-13-1-2-14-30/h1-15,34H,16-17H2. The second-order valence-electron chi connectivity index (χ2n) is 8.28. The van der Waals surface area contributed by atoms with Crippen LogP contribution in [0.1, 0.15) is 27.9 Å². The molecule has 1 aliphatic rings. The number of benzene rings is 3. The molecule has 5 nitrogen and oxygen atoms in total. The molecule has 0 fully saturated rings. The van der Waals surface area contributed by atoms with Crippen LogP contribution in [0.4, 0.5) is 5.69 Å². The van der Waals surface area contributed by atoms with E-state index in [1.807, 2.05) is 53.4 Å². The van der Waals surface area contributed by atoms with E-state index in [0.29, 0.717) is 26.9 Å². The van der Waals surface area contributed by atoms with Gasteiger partial charge in [-0.05, 0) is 72.3 Å². The minimum absolute atomic E-state index is 0.229. The van der Waals surface area contributed by atoms with E-state index in [0.717, 1.165) is 11.3 Å². The van der Waals surface area contributed by atoms with Crippen LogP contribution in [0.15, 0.2) is 91.3 Å². The van der Waals surface area contributed by atoms with E-state index >= 15 is 0 Å². The van der Waals surface area contributed by atoms with Gasteiger partial charge in [-0.2, -0.15) is 0 Å². The summed E-state index contributed by atoms with van der Waals surface area (Å²) in [4.78, 5) is 28.1. The average molecular weight is 491 g/mol. The number of hydrogen-bond acceptors (Lipinski definition) is 3. The molecule has 1 amide bonds. The molecule has 0 saturated carbocycles. The Bertz CT molecular complexity index is 1370. The molecule has 5 rings (SSSR count). The number of halogens is 2. The molecule has 3 aromatic carbocycles. The first-order valence-corrected chi connectivity index (χ1v) is 11.5. The third kappa shape index (κ3) is 4.03. The Kier molecular flexibility index (Phi) is 5.78. The van der Waals surface area contributed by atoms with Gasteiger partial charge in [-0.3, -0.25) is 9.59 Å². The fraction of sp³-hybridized carbons (Fsp3) is 0.111. The van der Waals surface area contributed by atoms with Crippen LogP contribution in [-0.2, 0) is 16.9 Å². The van der Waals surface area contributed by atoms with Crippen molar-refractivity contribution in [3.63, 3.8) is 0 Å². The SMILES string of the molecule is O=C(CC1(O)C(=O)N(Cc2ccc(Cl)cc2)c2ccc(Cl)cc21)c1ccc(-n2cccc2)cc1. The molecule has 0 bridgehead atoms. The maximum Gasteiger partial charge on any atom is 0.264 e. The number of nitrogens with zero attached hydrogens (tertiary/aromatic N) is 2. The van der Waals surface area contributed by atoms with Crippen molar-refractivity contribution >= 4 is 40.6 Å². The van der Waals surface area contributed by atoms with Crippen molar-refractivity contribution < 1.29 is 14.7 Å². The number of carbonyl (C=O) groups is 2. The fourth-order valence-electron chi connectivity index (χ4n) is 4.28. The first-order chi connectivity index (χ1) is 16.3. The van der Waals surface area contributed by atoms with Crippen LogP contribution in [0.5, 0.6) is 0 Å². The second kappa shape index (κ2) is 8.76. The lowest BCUT2D eigenvalue weighted by Gasteiger charge is -2.23. The zero-order chi connectivity index (χ0) is 23.9. The van der Waals surface area contributed by atoms with E-state index in [1.165, 1.54) is 4.90 Å². The zero-order valence-corrected chi connectivity index (χ0v) is 19.5. The van der Waals surface area contributed by atoms with Gasteiger partial charge in [0.2, 0.25) is 0 Å². The minimum Gasteiger partial charge on any atom is -0.375 e. The Balaban J connectivity index is 1.44. The molecule has 4 aromatic rings. The number of rotatable bonds is 6. The average Bonchev–Trinajstić information content (AvgIpc) is 3.44. The van der Waals surface area contributed by atoms with Gasteiger partial charge in [0, 0.05) is 39.3 Å². The highest BCUT2D eigenvalue weighted by atomic mass is 35.5. The van der Waals surface area contributed by atoms with E-state index in [-0.39, 0.29) is 18.7 Å². The third-order valence-corrected chi connectivity index (χ3v) is 6.54. The minimum atomic E-state index is -2.01. The summed E-state index contributed by atoms with van der Waals surface area (Å²) in [5, 5.41) is 12.5. The molecule has 7 heteroatoms. The molecule has 1 unspecified atom stereocenters. The molecule has 170 valence electrons. The lowest BCUT2D eigenvalue weighted by molar-refractivity contribution is -0.136. The largest absolute Gasteiger partial charge is 0.375 e. The maximum atomic E-state index is 13.5. The Labute approximate surface area is 206 Å². The highest BCUT2D eigenvalue weighted by molar-refractivity contribution is 6.31. The van der Waals surface area contributed by atoms with Gasteiger partial charge in [0.15, 0.2) is 11.4 Å². The number of amides is 1. The van der Waals surface area contributed by atoms with Crippen LogP contribution in [0.3, 0.4) is 0 Å². The summed E-state index contributed by atoms with van der Waals surface area (Å²) in [6.07, 6.45) is 3.43. The number of carbonyl (C=O) groups excluding carboxylic acids is 2. The molecular weight excluding hydrogens is 471 g/mol. The highest BCUT2D eigenvalue weighted by Gasteiger charge is 2.51. The third-order valence-electron chi connectivity index (χ3n) is 6.06. The van der Waals surface area contributed by atoms with Crippen LogP contribution in [0.2, 0.25) is 10.0 Å². The molecule has 1 atom stereocenters. The Morgan fingerprint density at radius 3 is 2.21 bits per heavy atom. The van der Waals surface area contributed by atoms with Crippen molar-refractivity contribution in [3.8, 4) is 5.69 Å². The Morgan fingerprint density at radius 2 is 1.53 bits per heavy atom. The molecule has 1 aliphatic heterocycles.